The van der Waals surface area contributed by atoms with Crippen molar-refractivity contribution in [1.29, 1.82) is 0 Å². The summed E-state index contributed by atoms with van der Waals surface area (Å²) in [7, 11) is -2.33. The number of rotatable bonds is 9. The van der Waals surface area contributed by atoms with Crippen LogP contribution in [0, 0.1) is 5.92 Å². The fourth-order valence-corrected chi connectivity index (χ4v) is 3.59. The molecule has 0 heterocycles. The smallest absolute Gasteiger partial charge is 0.326 e. The van der Waals surface area contributed by atoms with Gasteiger partial charge in [-0.25, -0.2) is 8.42 Å². The molecule has 1 unspecified atom stereocenters. The van der Waals surface area contributed by atoms with E-state index in [0.29, 0.717) is 12.0 Å². The number of carboxylic acid groups (broad SMARTS) is 1. The molecule has 124 valence electrons. The molecule has 0 radical (unpaired) electrons. The molecule has 0 aliphatic carbocycles. The summed E-state index contributed by atoms with van der Waals surface area (Å²) in [4.78, 5) is 11.4. The molecule has 2 atom stereocenters. The van der Waals surface area contributed by atoms with Crippen molar-refractivity contribution in [3.63, 3.8) is 0 Å². The van der Waals surface area contributed by atoms with Gasteiger partial charge in [-0.05, 0) is 17.9 Å². The van der Waals surface area contributed by atoms with Crippen molar-refractivity contribution in [2.75, 3.05) is 12.9 Å². The first-order chi connectivity index (χ1) is 10.2. The number of hydrogen-bond donors (Lipinski definition) is 2. The van der Waals surface area contributed by atoms with Gasteiger partial charge < -0.3 is 9.84 Å². The van der Waals surface area contributed by atoms with E-state index in [1.165, 1.54) is 7.11 Å². The van der Waals surface area contributed by atoms with Crippen molar-refractivity contribution in [2.45, 2.75) is 32.4 Å². The highest BCUT2D eigenvalue weighted by atomic mass is 32.2. The van der Waals surface area contributed by atoms with Crippen LogP contribution in [0.1, 0.15) is 31.9 Å². The minimum Gasteiger partial charge on any atom is -0.480 e. The Morgan fingerprint density at radius 2 is 1.86 bits per heavy atom. The second-order valence-electron chi connectivity index (χ2n) is 5.57. The maximum absolute atomic E-state index is 12.2. The topological polar surface area (TPSA) is 92.7 Å². The highest BCUT2D eigenvalue weighted by molar-refractivity contribution is 7.89. The second-order valence-corrected chi connectivity index (χ2v) is 7.37. The van der Waals surface area contributed by atoms with E-state index in [-0.39, 0.29) is 11.7 Å². The minimum atomic E-state index is -3.79. The van der Waals surface area contributed by atoms with Gasteiger partial charge in [0.25, 0.3) is 0 Å². The maximum Gasteiger partial charge on any atom is 0.326 e. The van der Waals surface area contributed by atoms with Gasteiger partial charge in [-0.15, -0.1) is 0 Å². The maximum atomic E-state index is 12.2. The first-order valence-corrected chi connectivity index (χ1v) is 8.71. The van der Waals surface area contributed by atoms with E-state index < -0.39 is 28.1 Å². The number of nitrogens with one attached hydrogen (secondary N) is 1. The molecule has 0 fully saturated rings. The van der Waals surface area contributed by atoms with Gasteiger partial charge in [0.1, 0.15) is 6.04 Å². The molecule has 22 heavy (non-hydrogen) atoms. The summed E-state index contributed by atoms with van der Waals surface area (Å²) in [5.74, 6) is -1.23. The van der Waals surface area contributed by atoms with Crippen molar-refractivity contribution in [2.24, 2.45) is 5.92 Å². The molecule has 1 aromatic rings. The van der Waals surface area contributed by atoms with Crippen LogP contribution in [0.4, 0.5) is 0 Å². The van der Waals surface area contributed by atoms with E-state index in [1.807, 2.05) is 13.8 Å². The monoisotopic (exact) mass is 329 g/mol. The van der Waals surface area contributed by atoms with Crippen molar-refractivity contribution >= 4 is 16.0 Å². The summed E-state index contributed by atoms with van der Waals surface area (Å²) in [6, 6.07) is 6.90. The van der Waals surface area contributed by atoms with Gasteiger partial charge in [-0.1, -0.05) is 44.2 Å². The van der Waals surface area contributed by atoms with Crippen molar-refractivity contribution in [3.05, 3.63) is 35.9 Å². The Kier molecular flexibility index (Phi) is 6.99. The van der Waals surface area contributed by atoms with Crippen molar-refractivity contribution in [3.8, 4) is 0 Å². The molecule has 1 rings (SSSR count). The highest BCUT2D eigenvalue weighted by Gasteiger charge is 2.28. The predicted octanol–water partition coefficient (Wildman–Crippen LogP) is 1.79. The molecule has 1 aromatic carbocycles. The van der Waals surface area contributed by atoms with E-state index in [0.717, 1.165) is 0 Å². The van der Waals surface area contributed by atoms with E-state index in [2.05, 4.69) is 4.72 Å². The number of hydrogen-bond acceptors (Lipinski definition) is 4. The summed E-state index contributed by atoms with van der Waals surface area (Å²) in [5, 5.41) is 9.27. The van der Waals surface area contributed by atoms with Crippen molar-refractivity contribution < 1.29 is 23.1 Å². The predicted molar refractivity (Wildman–Crippen MR) is 84.0 cm³/mol. The Morgan fingerprint density at radius 1 is 1.27 bits per heavy atom. The lowest BCUT2D eigenvalue weighted by atomic mass is 10.1. The van der Waals surface area contributed by atoms with Crippen LogP contribution in [0.15, 0.2) is 30.3 Å². The van der Waals surface area contributed by atoms with Crippen LogP contribution >= 0.6 is 0 Å². The lowest BCUT2D eigenvalue weighted by molar-refractivity contribution is -0.139. The van der Waals surface area contributed by atoms with Crippen LogP contribution in [0.2, 0.25) is 0 Å². The molecular weight excluding hydrogens is 306 g/mol. The number of aliphatic carboxylic acids is 1. The third-order valence-electron chi connectivity index (χ3n) is 3.15. The Labute approximate surface area is 131 Å². The normalized spacial score (nSPS) is 14.7. The van der Waals surface area contributed by atoms with Crippen LogP contribution in [-0.2, 0) is 19.6 Å². The molecule has 0 saturated heterocycles. The zero-order valence-electron chi connectivity index (χ0n) is 13.0. The molecule has 7 heteroatoms. The number of carboxylic acids is 1. The lowest BCUT2D eigenvalue weighted by Gasteiger charge is -2.20. The number of carbonyl (C=O) groups is 1. The Hall–Kier alpha value is -1.44. The van der Waals surface area contributed by atoms with Gasteiger partial charge >= 0.3 is 5.97 Å². The SMILES string of the molecule is COC(CC(C)C)CS(=O)(=O)N[C@H](C(=O)O)c1ccccc1. The molecule has 0 amide bonds. The Morgan fingerprint density at radius 3 is 2.32 bits per heavy atom. The van der Waals surface area contributed by atoms with Crippen LogP contribution in [-0.4, -0.2) is 38.5 Å². The summed E-state index contributed by atoms with van der Waals surface area (Å²) in [6.45, 7) is 3.94. The first-order valence-electron chi connectivity index (χ1n) is 7.05. The standard InChI is InChI=1S/C15H23NO5S/c1-11(2)9-13(21-3)10-22(19,20)16-14(15(17)18)12-7-5-4-6-8-12/h4-8,11,13-14,16H,9-10H2,1-3H3,(H,17,18)/t13?,14-/m0/s1. The lowest BCUT2D eigenvalue weighted by Crippen LogP contribution is -2.39. The third-order valence-corrected chi connectivity index (χ3v) is 4.56. The molecule has 0 saturated carbocycles. The quantitative estimate of drug-likeness (QED) is 0.720. The molecule has 0 spiro atoms. The second kappa shape index (κ2) is 8.26. The van der Waals surface area contributed by atoms with Gasteiger partial charge in [-0.3, -0.25) is 4.79 Å². The molecule has 0 bridgehead atoms. The van der Waals surface area contributed by atoms with E-state index in [4.69, 9.17) is 4.74 Å². The summed E-state index contributed by atoms with van der Waals surface area (Å²) in [5.41, 5.74) is 0.386. The molecule has 6 nitrogen and oxygen atoms in total. The van der Waals surface area contributed by atoms with E-state index in [9.17, 15) is 18.3 Å². The van der Waals surface area contributed by atoms with Crippen LogP contribution < -0.4 is 4.72 Å². The number of methoxy groups -OCH3 is 1. The van der Waals surface area contributed by atoms with E-state index >= 15 is 0 Å². The zero-order chi connectivity index (χ0) is 16.8. The fourth-order valence-electron chi connectivity index (χ4n) is 2.14. The molecule has 0 aliphatic heterocycles. The summed E-state index contributed by atoms with van der Waals surface area (Å²) >= 11 is 0. The fraction of sp³-hybridized carbons (Fsp3) is 0.533. The third kappa shape index (κ3) is 6.13. The molecule has 0 aliphatic rings. The van der Waals surface area contributed by atoms with Gasteiger partial charge in [0.05, 0.1) is 11.9 Å². The number of sulfonamides is 1. The number of benzene rings is 1. The Bertz CT molecular complexity index is 571. The van der Waals surface area contributed by atoms with Crippen LogP contribution in [0.25, 0.3) is 0 Å². The molecule has 0 aromatic heterocycles. The average molecular weight is 329 g/mol. The minimum absolute atomic E-state index is 0.266. The average Bonchev–Trinajstić information content (AvgIpc) is 2.44. The Balaban J connectivity index is 2.86. The molecular formula is C15H23NO5S. The van der Waals surface area contributed by atoms with Crippen LogP contribution in [0.3, 0.4) is 0 Å². The summed E-state index contributed by atoms with van der Waals surface area (Å²) in [6.07, 6.45) is 0.114. The van der Waals surface area contributed by atoms with E-state index in [1.54, 1.807) is 30.3 Å². The highest BCUT2D eigenvalue weighted by Crippen LogP contribution is 2.16. The van der Waals surface area contributed by atoms with Gasteiger partial charge in [0.15, 0.2) is 0 Å². The zero-order valence-corrected chi connectivity index (χ0v) is 13.8. The number of ether oxygens (including phenoxy) is 1. The largest absolute Gasteiger partial charge is 0.480 e. The first kappa shape index (κ1) is 18.6. The van der Waals surface area contributed by atoms with Crippen molar-refractivity contribution in [1.82, 2.24) is 4.72 Å². The summed E-state index contributed by atoms with van der Waals surface area (Å²) < 4.78 is 31.8. The molecule has 2 N–H and O–H groups in total. The van der Waals surface area contributed by atoms with Gasteiger partial charge in [0.2, 0.25) is 10.0 Å². The van der Waals surface area contributed by atoms with Crippen LogP contribution in [0.5, 0.6) is 0 Å². The van der Waals surface area contributed by atoms with Gasteiger partial charge in [-0.2, -0.15) is 4.72 Å². The van der Waals surface area contributed by atoms with Gasteiger partial charge in [0, 0.05) is 7.11 Å².